The molecular formula is C38H43O10P2+. The maximum absolute atomic E-state index is 14.1. The molecule has 2 atom stereocenters. The molecule has 0 aromatic heterocycles. The second-order valence-corrected chi connectivity index (χ2v) is 14.0. The van der Waals surface area contributed by atoms with Crippen molar-refractivity contribution < 1.29 is 46.6 Å². The van der Waals surface area contributed by atoms with Gasteiger partial charge in [0.15, 0.2) is 23.0 Å². The number of hydrogen-bond acceptors (Lipinski definition) is 10. The lowest BCUT2D eigenvalue weighted by Gasteiger charge is -2.21. The molecule has 0 saturated carbocycles. The summed E-state index contributed by atoms with van der Waals surface area (Å²) < 4.78 is 71.1. The predicted octanol–water partition coefficient (Wildman–Crippen LogP) is 6.64. The van der Waals surface area contributed by atoms with Crippen LogP contribution in [0.25, 0.3) is 0 Å². The number of para-hydroxylation sites is 2. The van der Waals surface area contributed by atoms with Crippen molar-refractivity contribution in [3.8, 4) is 23.0 Å². The van der Waals surface area contributed by atoms with E-state index in [9.17, 15) is 9.13 Å². The number of fused-ring (bicyclic) bond motifs is 2. The summed E-state index contributed by atoms with van der Waals surface area (Å²) in [5.74, 6) is 2.26. The van der Waals surface area contributed by atoms with Gasteiger partial charge in [-0.15, -0.1) is 17.7 Å². The summed E-state index contributed by atoms with van der Waals surface area (Å²) in [7, 11) is -5.10. The summed E-state index contributed by atoms with van der Waals surface area (Å²) in [5, 5.41) is 1.80. The van der Waals surface area contributed by atoms with Gasteiger partial charge in [0.1, 0.15) is 33.0 Å². The van der Waals surface area contributed by atoms with Crippen LogP contribution in [0.15, 0.2) is 128 Å². The van der Waals surface area contributed by atoms with Crippen molar-refractivity contribution in [1.82, 2.24) is 0 Å². The largest absolute Gasteiger partial charge is 0.549 e. The molecule has 50 heavy (non-hydrogen) atoms. The fraction of sp³-hybridized carbons (Fsp3) is 0.263. The Morgan fingerprint density at radius 1 is 0.580 bits per heavy atom. The summed E-state index contributed by atoms with van der Waals surface area (Å²) in [6, 6.07) is 30.9. The Balaban J connectivity index is 0.000000396. The summed E-state index contributed by atoms with van der Waals surface area (Å²) in [6.45, 7) is 10.4. The van der Waals surface area contributed by atoms with E-state index < -0.39 is 15.4 Å². The minimum Gasteiger partial charge on any atom is -0.487 e. The monoisotopic (exact) mass is 721 g/mol. The van der Waals surface area contributed by atoms with Crippen LogP contribution in [-0.2, 0) is 27.7 Å². The molecule has 0 aliphatic carbocycles. The number of rotatable bonds is 9. The average Bonchev–Trinajstić information content (AvgIpc) is 3.16. The molecule has 1 aliphatic heterocycles. The van der Waals surface area contributed by atoms with E-state index in [2.05, 4.69) is 13.2 Å². The van der Waals surface area contributed by atoms with E-state index in [-0.39, 0.29) is 13.2 Å². The van der Waals surface area contributed by atoms with Crippen LogP contribution in [-0.4, -0.2) is 66.1 Å². The molecule has 0 fully saturated rings. The molecule has 0 bridgehead atoms. The molecule has 4 aromatic carbocycles. The van der Waals surface area contributed by atoms with Gasteiger partial charge in [0, 0.05) is 10.6 Å². The molecule has 0 amide bonds. The van der Waals surface area contributed by atoms with Gasteiger partial charge in [-0.05, 0) is 59.2 Å². The van der Waals surface area contributed by atoms with Crippen LogP contribution < -0.4 is 34.9 Å². The number of ether oxygens (including phenoxy) is 6. The fourth-order valence-corrected chi connectivity index (χ4v) is 7.31. The highest BCUT2D eigenvalue weighted by Crippen LogP contribution is 2.46. The lowest BCUT2D eigenvalue weighted by atomic mass is 10.3. The first-order valence-electron chi connectivity index (χ1n) is 16.1. The predicted molar refractivity (Wildman–Crippen MR) is 196 cm³/mol. The molecule has 10 nitrogen and oxygen atoms in total. The van der Waals surface area contributed by atoms with Crippen molar-refractivity contribution >= 4 is 31.3 Å². The van der Waals surface area contributed by atoms with E-state index in [4.69, 9.17) is 37.5 Å². The van der Waals surface area contributed by atoms with Crippen molar-refractivity contribution in [3.05, 3.63) is 128 Å². The first-order valence-corrected chi connectivity index (χ1v) is 18.9. The van der Waals surface area contributed by atoms with E-state index in [1.54, 1.807) is 54.6 Å². The summed E-state index contributed by atoms with van der Waals surface area (Å²) in [5.41, 5.74) is 0. The van der Waals surface area contributed by atoms with Crippen LogP contribution in [0.3, 0.4) is 0 Å². The standard InChI is InChI=1S/C29H33O8P.C9H10O2P/c1-2-14-37-38(30,24-8-4-3-5-9-24)25-12-13-28-29(23-25)36-22-18-32-16-20-34-27-11-7-6-10-26(27)33-19-15-31-17-21-35-28;1-2-8-11-12(10)9-6-4-3-5-7-9/h2-13,23H,1,14-22H2;2-7H,1,8H2/q;+1. The zero-order valence-corrected chi connectivity index (χ0v) is 29.7. The van der Waals surface area contributed by atoms with Gasteiger partial charge in [-0.25, -0.2) is 0 Å². The molecule has 1 heterocycles. The van der Waals surface area contributed by atoms with Crippen molar-refractivity contribution in [2.75, 3.05) is 66.1 Å². The maximum Gasteiger partial charge on any atom is 0.549 e. The van der Waals surface area contributed by atoms with E-state index in [0.29, 0.717) is 91.8 Å². The molecule has 2 unspecified atom stereocenters. The second kappa shape index (κ2) is 21.7. The van der Waals surface area contributed by atoms with Crippen LogP contribution >= 0.6 is 15.4 Å². The maximum atomic E-state index is 14.1. The SMILES string of the molecule is C=CCOP(=O)(c1ccccc1)c1ccc2c(c1)OCCOCCOc1ccccc1OCCOCCO2.C=CCO[P+](=O)c1ccccc1. The highest BCUT2D eigenvalue weighted by atomic mass is 31.2. The molecule has 4 aromatic rings. The molecule has 12 heteroatoms. The van der Waals surface area contributed by atoms with E-state index in [1.165, 1.54) is 0 Å². The van der Waals surface area contributed by atoms with Gasteiger partial charge >= 0.3 is 8.03 Å². The minimum atomic E-state index is -3.40. The summed E-state index contributed by atoms with van der Waals surface area (Å²) >= 11 is 0. The molecule has 0 saturated heterocycles. The Morgan fingerprint density at radius 2 is 1.06 bits per heavy atom. The van der Waals surface area contributed by atoms with Crippen LogP contribution in [0.1, 0.15) is 0 Å². The van der Waals surface area contributed by atoms with Gasteiger partial charge in [-0.3, -0.25) is 4.57 Å². The van der Waals surface area contributed by atoms with Crippen LogP contribution in [0.5, 0.6) is 23.0 Å². The van der Waals surface area contributed by atoms with Gasteiger partial charge in [0.25, 0.3) is 7.37 Å². The molecule has 1 aliphatic rings. The Morgan fingerprint density at radius 3 is 1.60 bits per heavy atom. The second-order valence-electron chi connectivity index (χ2n) is 10.3. The van der Waals surface area contributed by atoms with Gasteiger partial charge in [-0.1, -0.05) is 60.7 Å². The van der Waals surface area contributed by atoms with Crippen molar-refractivity contribution in [2.45, 2.75) is 0 Å². The van der Waals surface area contributed by atoms with Crippen LogP contribution in [0.4, 0.5) is 0 Å². The lowest BCUT2D eigenvalue weighted by Crippen LogP contribution is -2.20. The van der Waals surface area contributed by atoms with Crippen LogP contribution in [0.2, 0.25) is 0 Å². The Bertz CT molecular complexity index is 1670. The zero-order chi connectivity index (χ0) is 35.3. The quantitative estimate of drug-likeness (QED) is 0.138. The first-order chi connectivity index (χ1) is 24.5. The van der Waals surface area contributed by atoms with Crippen molar-refractivity contribution in [3.63, 3.8) is 0 Å². The van der Waals surface area contributed by atoms with Crippen molar-refractivity contribution in [2.24, 2.45) is 0 Å². The smallest absolute Gasteiger partial charge is 0.487 e. The number of hydrogen-bond donors (Lipinski definition) is 0. The van der Waals surface area contributed by atoms with E-state index in [1.807, 2.05) is 60.7 Å². The van der Waals surface area contributed by atoms with Gasteiger partial charge in [-0.2, -0.15) is 0 Å². The highest BCUT2D eigenvalue weighted by Gasteiger charge is 2.29. The van der Waals surface area contributed by atoms with Gasteiger partial charge in [0.05, 0.1) is 33.0 Å². The fourth-order valence-electron chi connectivity index (χ4n) is 4.47. The van der Waals surface area contributed by atoms with E-state index in [0.717, 1.165) is 0 Å². The van der Waals surface area contributed by atoms with Gasteiger partial charge in [0.2, 0.25) is 5.30 Å². The van der Waals surface area contributed by atoms with Gasteiger partial charge < -0.3 is 32.9 Å². The molecule has 0 spiro atoms. The Kier molecular flexibility index (Phi) is 16.8. The minimum absolute atomic E-state index is 0.141. The van der Waals surface area contributed by atoms with E-state index >= 15 is 0 Å². The third kappa shape index (κ3) is 12.3. The topological polar surface area (TPSA) is 108 Å². The Hall–Kier alpha value is -4.27. The average molecular weight is 722 g/mol. The third-order valence-electron chi connectivity index (χ3n) is 6.80. The van der Waals surface area contributed by atoms with Crippen LogP contribution in [0, 0.1) is 0 Å². The lowest BCUT2D eigenvalue weighted by molar-refractivity contribution is 0.0640. The summed E-state index contributed by atoms with van der Waals surface area (Å²) in [4.78, 5) is 0. The Labute approximate surface area is 294 Å². The molecule has 0 N–H and O–H groups in total. The molecule has 5 rings (SSSR count). The van der Waals surface area contributed by atoms with Crippen molar-refractivity contribution in [1.29, 1.82) is 0 Å². The zero-order valence-electron chi connectivity index (χ0n) is 27.9. The first kappa shape index (κ1) is 38.5. The highest BCUT2D eigenvalue weighted by molar-refractivity contribution is 7.74. The number of benzene rings is 4. The molecule has 0 radical (unpaired) electrons. The third-order valence-corrected chi connectivity index (χ3v) is 10.4. The molecular weight excluding hydrogens is 678 g/mol. The normalized spacial score (nSPS) is 15.4. The molecule has 264 valence electrons. The summed E-state index contributed by atoms with van der Waals surface area (Å²) in [6.07, 6.45) is 3.16.